The number of hydrogen-bond acceptors (Lipinski definition) is 3. The highest BCUT2D eigenvalue weighted by Crippen LogP contribution is 2.60. The van der Waals surface area contributed by atoms with E-state index in [4.69, 9.17) is 11.6 Å². The summed E-state index contributed by atoms with van der Waals surface area (Å²) in [5, 5.41) is 22.2. The van der Waals surface area contributed by atoms with Crippen LogP contribution >= 0.6 is 11.6 Å². The Morgan fingerprint density at radius 3 is 2.67 bits per heavy atom. The van der Waals surface area contributed by atoms with Crippen molar-refractivity contribution in [3.63, 3.8) is 0 Å². The van der Waals surface area contributed by atoms with E-state index in [1.54, 1.807) is 18.3 Å². The van der Waals surface area contributed by atoms with Crippen LogP contribution in [0.1, 0.15) is 34.3 Å². The number of carbonyl (C=O) groups excluding carboxylic acids is 1. The summed E-state index contributed by atoms with van der Waals surface area (Å²) >= 11 is 6.18. The molecule has 0 aliphatic heterocycles. The van der Waals surface area contributed by atoms with Crippen molar-refractivity contribution in [1.29, 1.82) is 0 Å². The van der Waals surface area contributed by atoms with Gasteiger partial charge in [0, 0.05) is 22.0 Å². The number of nitrogens with one attached hydrogen (secondary N) is 2. The van der Waals surface area contributed by atoms with Gasteiger partial charge >= 0.3 is 6.18 Å². The molecule has 2 aromatic carbocycles. The fourth-order valence-electron chi connectivity index (χ4n) is 4.77. The van der Waals surface area contributed by atoms with Gasteiger partial charge in [-0.25, -0.2) is 0 Å². The van der Waals surface area contributed by atoms with E-state index in [0.29, 0.717) is 23.4 Å². The van der Waals surface area contributed by atoms with E-state index in [1.807, 2.05) is 0 Å². The van der Waals surface area contributed by atoms with Gasteiger partial charge < -0.3 is 10.4 Å². The molecular weight excluding hydrogens is 419 g/mol. The number of H-pyrrole nitrogens is 1. The zero-order chi connectivity index (χ0) is 21.3. The van der Waals surface area contributed by atoms with Crippen LogP contribution < -0.4 is 5.32 Å². The topological polar surface area (TPSA) is 78.0 Å². The van der Waals surface area contributed by atoms with Crippen molar-refractivity contribution in [3.05, 3.63) is 64.3 Å². The Bertz CT molecular complexity index is 1150. The van der Waals surface area contributed by atoms with E-state index >= 15 is 0 Å². The Labute approximate surface area is 174 Å². The van der Waals surface area contributed by atoms with Gasteiger partial charge in [-0.3, -0.25) is 9.89 Å². The molecule has 5 rings (SSSR count). The molecule has 2 aliphatic carbocycles. The third kappa shape index (κ3) is 3.15. The Hall–Kier alpha value is -2.58. The number of aliphatic hydroxyl groups is 1. The summed E-state index contributed by atoms with van der Waals surface area (Å²) in [6.45, 7) is 0. The van der Waals surface area contributed by atoms with E-state index < -0.39 is 23.2 Å². The molecule has 2 saturated carbocycles. The molecule has 2 aliphatic rings. The lowest BCUT2D eigenvalue weighted by Gasteiger charge is -2.27. The van der Waals surface area contributed by atoms with Gasteiger partial charge in [0.15, 0.2) is 0 Å². The summed E-state index contributed by atoms with van der Waals surface area (Å²) in [5.74, 6) is -0.416. The Kier molecular flexibility index (Phi) is 4.17. The molecule has 3 N–H and O–H groups in total. The highest BCUT2D eigenvalue weighted by Gasteiger charge is 2.62. The standard InChI is InChI=1S/C21H17ClF3N3O2/c22-12-5-16(15-9-26-28-17(15)6-12)20(30)7-13-14(8-20)18(13)27-19(29)10-2-1-3-11(4-10)21(23,24)25/h1-6,9,13-14,18,30H,7-8H2,(H,26,28)(H,27,29)/t13-,14+,18+,20+. The number of benzene rings is 2. The SMILES string of the molecule is O=C(N[C@H]1[C@@H]2C[C@@](O)(c3cc(Cl)cc4[nH]ncc34)C[C@@H]21)c1cccc(C(F)(F)F)c1. The summed E-state index contributed by atoms with van der Waals surface area (Å²) in [5.41, 5.74) is -0.528. The number of aromatic nitrogens is 2. The number of alkyl halides is 3. The predicted molar refractivity (Wildman–Crippen MR) is 104 cm³/mol. The largest absolute Gasteiger partial charge is 0.416 e. The number of nitrogens with zero attached hydrogens (tertiary/aromatic N) is 1. The molecule has 30 heavy (non-hydrogen) atoms. The highest BCUT2D eigenvalue weighted by atomic mass is 35.5. The third-order valence-corrected chi connectivity index (χ3v) is 6.47. The first-order valence-corrected chi connectivity index (χ1v) is 9.87. The Morgan fingerprint density at radius 2 is 1.97 bits per heavy atom. The molecule has 5 nitrogen and oxygen atoms in total. The van der Waals surface area contributed by atoms with Gasteiger partial charge in [0.05, 0.1) is 22.9 Å². The van der Waals surface area contributed by atoms with Crippen LogP contribution in [0, 0.1) is 11.8 Å². The lowest BCUT2D eigenvalue weighted by Crippen LogP contribution is -2.33. The van der Waals surface area contributed by atoms with E-state index in [-0.39, 0.29) is 23.4 Å². The van der Waals surface area contributed by atoms with Crippen molar-refractivity contribution in [3.8, 4) is 0 Å². The van der Waals surface area contributed by atoms with Crippen molar-refractivity contribution in [2.45, 2.75) is 30.7 Å². The van der Waals surface area contributed by atoms with Crippen LogP contribution in [0.15, 0.2) is 42.6 Å². The molecule has 156 valence electrons. The molecule has 0 radical (unpaired) electrons. The highest BCUT2D eigenvalue weighted by molar-refractivity contribution is 6.31. The number of aromatic amines is 1. The molecule has 1 amide bonds. The van der Waals surface area contributed by atoms with E-state index in [9.17, 15) is 23.1 Å². The van der Waals surface area contributed by atoms with Crippen LogP contribution in [0.5, 0.6) is 0 Å². The van der Waals surface area contributed by atoms with Crippen LogP contribution in [0.3, 0.4) is 0 Å². The summed E-state index contributed by atoms with van der Waals surface area (Å²) in [6.07, 6.45) is -1.98. The van der Waals surface area contributed by atoms with Crippen LogP contribution in [0.4, 0.5) is 13.2 Å². The minimum atomic E-state index is -4.50. The maximum Gasteiger partial charge on any atom is 0.416 e. The average molecular weight is 436 g/mol. The molecule has 2 fully saturated rings. The Balaban J connectivity index is 1.30. The monoisotopic (exact) mass is 435 g/mol. The van der Waals surface area contributed by atoms with Gasteiger partial charge in [0.2, 0.25) is 0 Å². The number of fused-ring (bicyclic) bond motifs is 2. The fourth-order valence-corrected chi connectivity index (χ4v) is 4.99. The first-order chi connectivity index (χ1) is 14.2. The number of amides is 1. The second-order valence-electron chi connectivity index (χ2n) is 8.13. The number of halogens is 4. The average Bonchev–Trinajstić information content (AvgIpc) is 3.03. The van der Waals surface area contributed by atoms with Gasteiger partial charge in [0.1, 0.15) is 0 Å². The van der Waals surface area contributed by atoms with Crippen LogP contribution in [-0.4, -0.2) is 27.3 Å². The van der Waals surface area contributed by atoms with Gasteiger partial charge in [-0.1, -0.05) is 17.7 Å². The van der Waals surface area contributed by atoms with Gasteiger partial charge in [-0.05, 0) is 60.6 Å². The van der Waals surface area contributed by atoms with Crippen molar-refractivity contribution < 1.29 is 23.1 Å². The molecule has 0 saturated heterocycles. The molecule has 1 heterocycles. The second-order valence-corrected chi connectivity index (χ2v) is 8.57. The number of rotatable bonds is 3. The first-order valence-electron chi connectivity index (χ1n) is 9.49. The second kappa shape index (κ2) is 6.46. The maximum absolute atomic E-state index is 12.9. The minimum absolute atomic E-state index is 0.0278. The fraction of sp³-hybridized carbons (Fsp3) is 0.333. The third-order valence-electron chi connectivity index (χ3n) is 6.25. The van der Waals surface area contributed by atoms with Crippen LogP contribution in [0.25, 0.3) is 10.9 Å². The molecule has 0 bridgehead atoms. The van der Waals surface area contributed by atoms with E-state index in [2.05, 4.69) is 15.5 Å². The summed E-state index contributed by atoms with van der Waals surface area (Å²) in [4.78, 5) is 12.5. The lowest BCUT2D eigenvalue weighted by molar-refractivity contribution is -0.137. The zero-order valence-corrected chi connectivity index (χ0v) is 16.3. The summed E-state index contributed by atoms with van der Waals surface area (Å²) in [6, 6.07) is 7.69. The summed E-state index contributed by atoms with van der Waals surface area (Å²) in [7, 11) is 0. The van der Waals surface area contributed by atoms with E-state index in [1.165, 1.54) is 12.1 Å². The lowest BCUT2D eigenvalue weighted by atomic mass is 9.86. The molecule has 9 heteroatoms. The van der Waals surface area contributed by atoms with Crippen molar-refractivity contribution in [2.75, 3.05) is 0 Å². The quantitative estimate of drug-likeness (QED) is 0.575. The van der Waals surface area contributed by atoms with Gasteiger partial charge in [-0.2, -0.15) is 18.3 Å². The molecular formula is C21H17ClF3N3O2. The zero-order valence-electron chi connectivity index (χ0n) is 15.5. The van der Waals surface area contributed by atoms with Crippen LogP contribution in [0.2, 0.25) is 5.02 Å². The molecule has 0 spiro atoms. The van der Waals surface area contributed by atoms with E-state index in [0.717, 1.165) is 23.0 Å². The normalized spacial score (nSPS) is 27.8. The van der Waals surface area contributed by atoms with Gasteiger partial charge in [-0.15, -0.1) is 0 Å². The smallest absolute Gasteiger partial charge is 0.385 e. The summed E-state index contributed by atoms with van der Waals surface area (Å²) < 4.78 is 38.6. The molecule has 0 unspecified atom stereocenters. The predicted octanol–water partition coefficient (Wildman–Crippen LogP) is 4.26. The Morgan fingerprint density at radius 1 is 1.23 bits per heavy atom. The van der Waals surface area contributed by atoms with Crippen LogP contribution in [-0.2, 0) is 11.8 Å². The maximum atomic E-state index is 12.9. The minimum Gasteiger partial charge on any atom is -0.385 e. The molecule has 1 aromatic heterocycles. The first kappa shape index (κ1) is 19.4. The van der Waals surface area contributed by atoms with Crippen molar-refractivity contribution in [1.82, 2.24) is 15.5 Å². The van der Waals surface area contributed by atoms with Crippen molar-refractivity contribution in [2.24, 2.45) is 11.8 Å². The molecule has 4 atom stereocenters. The molecule has 3 aromatic rings. The van der Waals surface area contributed by atoms with Crippen molar-refractivity contribution >= 4 is 28.4 Å². The number of carbonyl (C=O) groups is 1. The van der Waals surface area contributed by atoms with Gasteiger partial charge in [0.25, 0.3) is 5.91 Å². The number of hydrogen-bond donors (Lipinski definition) is 3.